The molecule has 0 saturated carbocycles. The Balaban J connectivity index is 1.73. The molecule has 0 saturated heterocycles. The minimum Gasteiger partial charge on any atom is -0.248 e. The second-order valence-corrected chi connectivity index (χ2v) is 7.01. The molecule has 0 N–H and O–H groups in total. The van der Waals surface area contributed by atoms with Gasteiger partial charge in [0.15, 0.2) is 0 Å². The Morgan fingerprint density at radius 2 is 1.57 bits per heavy atom. The van der Waals surface area contributed by atoms with Crippen LogP contribution in [-0.4, -0.2) is 14.8 Å². The fourth-order valence-electron chi connectivity index (χ4n) is 3.34. The van der Waals surface area contributed by atoms with Gasteiger partial charge in [-0.15, -0.1) is 0 Å². The molecule has 0 radical (unpaired) electrons. The van der Waals surface area contributed by atoms with Crippen molar-refractivity contribution in [2.24, 2.45) is 0 Å². The van der Waals surface area contributed by atoms with E-state index >= 15 is 0 Å². The smallest absolute Gasteiger partial charge is 0.102 e. The molecule has 0 aliphatic rings. The third-order valence-corrected chi connectivity index (χ3v) is 4.94. The summed E-state index contributed by atoms with van der Waals surface area (Å²) in [6.45, 7) is 0. The Kier molecular flexibility index (Phi) is 4.15. The van der Waals surface area contributed by atoms with E-state index in [9.17, 15) is 0 Å². The fraction of sp³-hybridized carbons (Fsp3) is 0. The predicted octanol–water partition coefficient (Wildman–Crippen LogP) is 6.41. The number of benzene rings is 3. The third kappa shape index (κ3) is 3.06. The molecule has 4 heteroatoms. The molecule has 0 amide bonds. The highest BCUT2D eigenvalue weighted by Gasteiger charge is 2.16. The second kappa shape index (κ2) is 6.95. The molecule has 0 fully saturated rings. The molecule has 134 valence electrons. The van der Waals surface area contributed by atoms with Crippen LogP contribution in [0.4, 0.5) is 0 Å². The number of halogens is 1. The van der Waals surface area contributed by atoms with Crippen LogP contribution in [0, 0.1) is 0 Å². The molecule has 2 aromatic heterocycles. The summed E-state index contributed by atoms with van der Waals surface area (Å²) in [7, 11) is 0. The number of rotatable bonds is 3. The third-order valence-electron chi connectivity index (χ3n) is 4.71. The summed E-state index contributed by atoms with van der Waals surface area (Å²) in [5.74, 6) is 0. The molecule has 0 aliphatic carbocycles. The Bertz CT molecular complexity index is 1280. The second-order valence-electron chi connectivity index (χ2n) is 6.57. The van der Waals surface area contributed by atoms with Crippen molar-refractivity contribution >= 4 is 22.5 Å². The van der Waals surface area contributed by atoms with Crippen LogP contribution < -0.4 is 0 Å². The molecular weight excluding hydrogens is 366 g/mol. The average Bonchev–Trinajstić information content (AvgIpc) is 3.20. The number of aromatic nitrogens is 3. The summed E-state index contributed by atoms with van der Waals surface area (Å²) in [5, 5.41) is 6.67. The lowest BCUT2D eigenvalue weighted by molar-refractivity contribution is 0.884. The highest BCUT2D eigenvalue weighted by Crippen LogP contribution is 2.33. The molecule has 5 rings (SSSR count). The molecule has 28 heavy (non-hydrogen) atoms. The van der Waals surface area contributed by atoms with Gasteiger partial charge < -0.3 is 0 Å². The monoisotopic (exact) mass is 381 g/mol. The summed E-state index contributed by atoms with van der Waals surface area (Å²) in [6.07, 6.45) is 2.03. The lowest BCUT2D eigenvalue weighted by Crippen LogP contribution is -1.93. The van der Waals surface area contributed by atoms with Crippen molar-refractivity contribution in [1.29, 1.82) is 0 Å². The van der Waals surface area contributed by atoms with Gasteiger partial charge in [0.1, 0.15) is 5.69 Å². The molecule has 0 aliphatic heterocycles. The van der Waals surface area contributed by atoms with E-state index in [0.717, 1.165) is 39.1 Å². The van der Waals surface area contributed by atoms with E-state index in [1.54, 1.807) is 0 Å². The van der Waals surface area contributed by atoms with Crippen LogP contribution in [0.15, 0.2) is 97.2 Å². The van der Waals surface area contributed by atoms with E-state index in [4.69, 9.17) is 21.7 Å². The van der Waals surface area contributed by atoms with E-state index < -0.39 is 0 Å². The van der Waals surface area contributed by atoms with Crippen LogP contribution in [-0.2, 0) is 0 Å². The van der Waals surface area contributed by atoms with Gasteiger partial charge in [0, 0.05) is 27.7 Å². The topological polar surface area (TPSA) is 30.7 Å². The lowest BCUT2D eigenvalue weighted by Gasteiger charge is -2.04. The molecule has 0 atom stereocenters. The Labute approximate surface area is 167 Å². The Morgan fingerprint density at radius 1 is 0.750 bits per heavy atom. The maximum absolute atomic E-state index is 6.24. The Morgan fingerprint density at radius 3 is 2.43 bits per heavy atom. The zero-order valence-electron chi connectivity index (χ0n) is 15.0. The number of pyridine rings is 1. The number of fused-ring (bicyclic) bond motifs is 1. The lowest BCUT2D eigenvalue weighted by atomic mass is 10.0. The van der Waals surface area contributed by atoms with E-state index in [-0.39, 0.29) is 0 Å². The van der Waals surface area contributed by atoms with Gasteiger partial charge in [0.2, 0.25) is 0 Å². The first kappa shape index (κ1) is 16.7. The van der Waals surface area contributed by atoms with Crippen LogP contribution in [0.5, 0.6) is 0 Å². The summed E-state index contributed by atoms with van der Waals surface area (Å²) in [4.78, 5) is 4.87. The minimum atomic E-state index is 0.684. The van der Waals surface area contributed by atoms with Gasteiger partial charge >= 0.3 is 0 Å². The molecule has 0 spiro atoms. The number of nitrogens with zero attached hydrogens (tertiary/aromatic N) is 3. The SMILES string of the molecule is Clc1cccc(-c2nn(-c3ccccc3)cc2-c2ccc3ccccc3n2)c1. The van der Waals surface area contributed by atoms with Crippen molar-refractivity contribution in [2.45, 2.75) is 0 Å². The first-order valence-corrected chi connectivity index (χ1v) is 9.43. The quantitative estimate of drug-likeness (QED) is 0.361. The highest BCUT2D eigenvalue weighted by atomic mass is 35.5. The highest BCUT2D eigenvalue weighted by molar-refractivity contribution is 6.30. The number of hydrogen-bond donors (Lipinski definition) is 0. The van der Waals surface area contributed by atoms with Gasteiger partial charge in [-0.1, -0.05) is 66.2 Å². The van der Waals surface area contributed by atoms with Crippen molar-refractivity contribution in [3.8, 4) is 28.2 Å². The normalized spacial score (nSPS) is 11.0. The summed E-state index contributed by atoms with van der Waals surface area (Å²) >= 11 is 6.24. The van der Waals surface area contributed by atoms with Crippen LogP contribution in [0.2, 0.25) is 5.02 Å². The van der Waals surface area contributed by atoms with E-state index in [1.165, 1.54) is 0 Å². The maximum atomic E-state index is 6.24. The van der Waals surface area contributed by atoms with Crippen molar-refractivity contribution in [1.82, 2.24) is 14.8 Å². The molecule has 5 aromatic rings. The summed E-state index contributed by atoms with van der Waals surface area (Å²) < 4.78 is 1.89. The van der Waals surface area contributed by atoms with Crippen LogP contribution >= 0.6 is 11.6 Å². The predicted molar refractivity (Wildman–Crippen MR) is 115 cm³/mol. The van der Waals surface area contributed by atoms with Crippen LogP contribution in [0.25, 0.3) is 39.1 Å². The molecule has 3 nitrogen and oxygen atoms in total. The summed E-state index contributed by atoms with van der Waals surface area (Å²) in [6, 6.07) is 30.1. The van der Waals surface area contributed by atoms with E-state index in [0.29, 0.717) is 5.02 Å². The number of para-hydroxylation sites is 2. The van der Waals surface area contributed by atoms with Crippen LogP contribution in [0.3, 0.4) is 0 Å². The van der Waals surface area contributed by atoms with Gasteiger partial charge in [-0.05, 0) is 36.4 Å². The first-order chi connectivity index (χ1) is 13.8. The Hall–Kier alpha value is -3.43. The van der Waals surface area contributed by atoms with Gasteiger partial charge in [0.05, 0.1) is 16.9 Å². The minimum absolute atomic E-state index is 0.684. The van der Waals surface area contributed by atoms with E-state index in [2.05, 4.69) is 12.1 Å². The molecule has 3 aromatic carbocycles. The summed E-state index contributed by atoms with van der Waals surface area (Å²) in [5.41, 5.74) is 5.64. The largest absolute Gasteiger partial charge is 0.248 e. The zero-order valence-corrected chi connectivity index (χ0v) is 15.7. The fourth-order valence-corrected chi connectivity index (χ4v) is 3.53. The maximum Gasteiger partial charge on any atom is 0.102 e. The van der Waals surface area contributed by atoms with Crippen molar-refractivity contribution < 1.29 is 0 Å². The van der Waals surface area contributed by atoms with Gasteiger partial charge in [0.25, 0.3) is 0 Å². The molecular formula is C24H16ClN3. The van der Waals surface area contributed by atoms with Crippen molar-refractivity contribution in [3.63, 3.8) is 0 Å². The first-order valence-electron chi connectivity index (χ1n) is 9.05. The average molecular weight is 382 g/mol. The molecule has 2 heterocycles. The van der Waals surface area contributed by atoms with Gasteiger partial charge in [-0.2, -0.15) is 5.10 Å². The molecule has 0 bridgehead atoms. The van der Waals surface area contributed by atoms with Gasteiger partial charge in [-0.25, -0.2) is 9.67 Å². The number of hydrogen-bond acceptors (Lipinski definition) is 2. The molecule has 0 unspecified atom stereocenters. The van der Waals surface area contributed by atoms with Crippen LogP contribution in [0.1, 0.15) is 0 Å². The van der Waals surface area contributed by atoms with Crippen molar-refractivity contribution in [2.75, 3.05) is 0 Å². The van der Waals surface area contributed by atoms with E-state index in [1.807, 2.05) is 89.7 Å². The standard InChI is InChI=1S/C24H16ClN3/c25-19-9-6-8-18(15-19)24-21(16-28(27-24)20-10-2-1-3-11-20)23-14-13-17-7-4-5-12-22(17)26-23/h1-16H. The zero-order chi connectivity index (χ0) is 18.9. The van der Waals surface area contributed by atoms with Gasteiger partial charge in [-0.3, -0.25) is 0 Å². The van der Waals surface area contributed by atoms with Crippen molar-refractivity contribution in [3.05, 3.63) is 102 Å².